The summed E-state index contributed by atoms with van der Waals surface area (Å²) < 4.78 is 125. The number of benzene rings is 3. The van der Waals surface area contributed by atoms with Crippen molar-refractivity contribution < 1.29 is 54.1 Å². The summed E-state index contributed by atoms with van der Waals surface area (Å²) in [5, 5.41) is 9.78. The maximum atomic E-state index is 13.2. The summed E-state index contributed by atoms with van der Waals surface area (Å²) in [6.45, 7) is -1.11. The topological polar surface area (TPSA) is 41.9 Å². The molecule has 0 aromatic heterocycles. The Kier molecular flexibility index (Phi) is 7.41. The van der Waals surface area contributed by atoms with Gasteiger partial charge in [-0.25, -0.2) is 0 Å². The maximum absolute atomic E-state index is 13.2. The molecule has 0 amide bonds. The monoisotopic (exact) mass is 565 g/mol. The molecule has 39 heavy (non-hydrogen) atoms. The first-order valence-corrected chi connectivity index (χ1v) is 11.4. The molecule has 3 aromatic carbocycles. The van der Waals surface area contributed by atoms with Crippen LogP contribution in [0.1, 0.15) is 16.7 Å². The standard InChI is InChI=1S/C26H20F9NO3/c27-24(28,29)22(37)14-36-15-23(20-9-1-2-10-21(20)36,17-6-4-8-19(12-17)39-26(33,34)35)13-16-5-3-7-18(11-16)38-25(30,31)32/h1-12,22,37H,13-15H2/t22-,23-/m0/s1. The molecular weight excluding hydrogens is 545 g/mol. The second-order valence-corrected chi connectivity index (χ2v) is 8.98. The lowest BCUT2D eigenvalue weighted by molar-refractivity contribution is -0.275. The molecule has 1 aliphatic rings. The number of hydrogen-bond donors (Lipinski definition) is 1. The second kappa shape index (κ2) is 10.2. The summed E-state index contributed by atoms with van der Waals surface area (Å²) in [4.78, 5) is 1.25. The SMILES string of the molecule is O[C@@H](CN1C[C@@](Cc2cccc(OC(F)(F)F)c2)(c2cccc(OC(F)(F)F)c2)c2ccccc21)C(F)(F)F. The van der Waals surface area contributed by atoms with E-state index in [1.54, 1.807) is 18.2 Å². The number of alkyl halides is 9. The minimum absolute atomic E-state index is 0.132. The smallest absolute Gasteiger partial charge is 0.406 e. The zero-order valence-corrected chi connectivity index (χ0v) is 19.7. The van der Waals surface area contributed by atoms with E-state index in [-0.39, 0.29) is 29.8 Å². The van der Waals surface area contributed by atoms with E-state index in [1.807, 2.05) is 0 Å². The van der Waals surface area contributed by atoms with Crippen molar-refractivity contribution in [2.75, 3.05) is 18.0 Å². The number of nitrogens with zero attached hydrogens (tertiary/aromatic N) is 1. The van der Waals surface area contributed by atoms with Gasteiger partial charge >= 0.3 is 18.9 Å². The molecule has 0 saturated heterocycles. The molecule has 0 saturated carbocycles. The highest BCUT2D eigenvalue weighted by molar-refractivity contribution is 5.67. The molecule has 4 rings (SSSR count). The zero-order valence-electron chi connectivity index (χ0n) is 19.7. The van der Waals surface area contributed by atoms with Crippen LogP contribution in [0.25, 0.3) is 0 Å². The summed E-state index contributed by atoms with van der Waals surface area (Å²) in [7, 11) is 0. The molecule has 4 nitrogen and oxygen atoms in total. The average Bonchev–Trinajstić information content (AvgIpc) is 3.11. The van der Waals surface area contributed by atoms with Crippen LogP contribution in [0.5, 0.6) is 11.5 Å². The number of anilines is 1. The van der Waals surface area contributed by atoms with Crippen molar-refractivity contribution in [3.8, 4) is 11.5 Å². The average molecular weight is 565 g/mol. The quantitative estimate of drug-likeness (QED) is 0.322. The van der Waals surface area contributed by atoms with Gasteiger partial charge in [0.05, 0.1) is 6.54 Å². The fraction of sp³-hybridized carbons (Fsp3) is 0.308. The van der Waals surface area contributed by atoms with Crippen LogP contribution in [0.3, 0.4) is 0 Å². The number of fused-ring (bicyclic) bond motifs is 1. The molecule has 1 heterocycles. The molecule has 2 atom stereocenters. The Morgan fingerprint density at radius 2 is 1.36 bits per heavy atom. The van der Waals surface area contributed by atoms with E-state index >= 15 is 0 Å². The molecule has 3 aromatic rings. The first-order valence-electron chi connectivity index (χ1n) is 11.4. The van der Waals surface area contributed by atoms with E-state index < -0.39 is 48.5 Å². The van der Waals surface area contributed by atoms with Gasteiger partial charge in [0.15, 0.2) is 6.10 Å². The number of para-hydroxylation sites is 1. The summed E-state index contributed by atoms with van der Waals surface area (Å²) in [5.41, 5.74) is -0.171. The van der Waals surface area contributed by atoms with Crippen molar-refractivity contribution in [2.45, 2.75) is 36.8 Å². The van der Waals surface area contributed by atoms with Crippen LogP contribution >= 0.6 is 0 Å². The summed E-state index contributed by atoms with van der Waals surface area (Å²) in [6, 6.07) is 16.0. The van der Waals surface area contributed by atoms with Crippen LogP contribution in [-0.4, -0.2) is 43.2 Å². The fourth-order valence-corrected chi connectivity index (χ4v) is 4.82. The third kappa shape index (κ3) is 6.70. The molecule has 0 fully saturated rings. The number of ether oxygens (including phenoxy) is 2. The Labute approximate surface area is 216 Å². The number of β-amino-alcohol motifs (C(OH)–C–C–N with tert-alkyl or cyclic N) is 1. The maximum Gasteiger partial charge on any atom is 0.573 e. The van der Waals surface area contributed by atoms with E-state index in [4.69, 9.17) is 0 Å². The molecule has 13 heteroatoms. The summed E-state index contributed by atoms with van der Waals surface area (Å²) in [5.74, 6) is -1.13. The van der Waals surface area contributed by atoms with Gasteiger partial charge < -0.3 is 19.5 Å². The zero-order chi connectivity index (χ0) is 28.6. The number of hydrogen-bond acceptors (Lipinski definition) is 4. The van der Waals surface area contributed by atoms with Gasteiger partial charge in [0.25, 0.3) is 0 Å². The minimum Gasteiger partial charge on any atom is -0.406 e. The Hall–Kier alpha value is -3.61. The number of rotatable bonds is 7. The molecule has 1 N–H and O–H groups in total. The van der Waals surface area contributed by atoms with Gasteiger partial charge in [0.1, 0.15) is 11.5 Å². The van der Waals surface area contributed by atoms with E-state index in [0.717, 1.165) is 24.3 Å². The lowest BCUT2D eigenvalue weighted by atomic mass is 9.71. The van der Waals surface area contributed by atoms with Crippen molar-refractivity contribution in [3.63, 3.8) is 0 Å². The van der Waals surface area contributed by atoms with Crippen LogP contribution in [0, 0.1) is 0 Å². The predicted molar refractivity (Wildman–Crippen MR) is 121 cm³/mol. The molecule has 0 radical (unpaired) electrons. The number of halogens is 9. The highest BCUT2D eigenvalue weighted by Crippen LogP contribution is 2.48. The third-order valence-corrected chi connectivity index (χ3v) is 6.25. The highest BCUT2D eigenvalue weighted by Gasteiger charge is 2.47. The summed E-state index contributed by atoms with van der Waals surface area (Å²) >= 11 is 0. The van der Waals surface area contributed by atoms with Crippen molar-refractivity contribution >= 4 is 5.69 Å². The van der Waals surface area contributed by atoms with Crippen LogP contribution in [0.2, 0.25) is 0 Å². The van der Waals surface area contributed by atoms with Crippen molar-refractivity contribution in [1.29, 1.82) is 0 Å². The highest BCUT2D eigenvalue weighted by atomic mass is 19.4. The lowest BCUT2D eigenvalue weighted by Crippen LogP contribution is -2.44. The van der Waals surface area contributed by atoms with Crippen LogP contribution < -0.4 is 14.4 Å². The normalized spacial score (nSPS) is 18.6. The van der Waals surface area contributed by atoms with Crippen molar-refractivity contribution in [1.82, 2.24) is 0 Å². The second-order valence-electron chi connectivity index (χ2n) is 8.98. The van der Waals surface area contributed by atoms with Gasteiger partial charge in [-0.1, -0.05) is 42.5 Å². The Morgan fingerprint density at radius 3 is 1.97 bits per heavy atom. The molecule has 0 unspecified atom stereocenters. The van der Waals surface area contributed by atoms with Gasteiger partial charge in [-0.2, -0.15) is 13.2 Å². The molecular formula is C26H20F9NO3. The fourth-order valence-electron chi connectivity index (χ4n) is 4.82. The number of aliphatic hydroxyl groups excluding tert-OH is 1. The van der Waals surface area contributed by atoms with Crippen LogP contribution in [0.4, 0.5) is 45.2 Å². The van der Waals surface area contributed by atoms with E-state index in [9.17, 15) is 44.6 Å². The summed E-state index contributed by atoms with van der Waals surface area (Å²) in [6.07, 6.45) is -17.8. The minimum atomic E-state index is -5.02. The van der Waals surface area contributed by atoms with Crippen LogP contribution in [-0.2, 0) is 11.8 Å². The Bertz CT molecular complexity index is 1310. The molecule has 0 spiro atoms. The Morgan fingerprint density at radius 1 is 0.769 bits per heavy atom. The van der Waals surface area contributed by atoms with Gasteiger partial charge in [0, 0.05) is 17.6 Å². The van der Waals surface area contributed by atoms with Gasteiger partial charge in [-0.15, -0.1) is 26.3 Å². The van der Waals surface area contributed by atoms with Gasteiger partial charge in [-0.05, 0) is 53.4 Å². The van der Waals surface area contributed by atoms with E-state index in [0.29, 0.717) is 5.56 Å². The first kappa shape index (κ1) is 28.4. The molecule has 210 valence electrons. The lowest BCUT2D eigenvalue weighted by Gasteiger charge is -2.33. The first-order chi connectivity index (χ1) is 18.1. The largest absolute Gasteiger partial charge is 0.573 e. The van der Waals surface area contributed by atoms with Crippen LogP contribution in [0.15, 0.2) is 72.8 Å². The van der Waals surface area contributed by atoms with E-state index in [2.05, 4.69) is 9.47 Å². The van der Waals surface area contributed by atoms with E-state index in [1.165, 1.54) is 35.2 Å². The number of aliphatic hydroxyl groups is 1. The van der Waals surface area contributed by atoms with Crippen molar-refractivity contribution in [2.24, 2.45) is 0 Å². The Balaban J connectivity index is 1.84. The molecule has 0 bridgehead atoms. The van der Waals surface area contributed by atoms with Crippen molar-refractivity contribution in [3.05, 3.63) is 89.5 Å². The molecule has 1 aliphatic heterocycles. The van der Waals surface area contributed by atoms with Gasteiger partial charge in [-0.3, -0.25) is 0 Å². The molecule has 0 aliphatic carbocycles. The predicted octanol–water partition coefficient (Wildman–Crippen LogP) is 6.76. The third-order valence-electron chi connectivity index (χ3n) is 6.25. The van der Waals surface area contributed by atoms with Gasteiger partial charge in [0.2, 0.25) is 0 Å².